The first-order chi connectivity index (χ1) is 7.58. The highest BCUT2D eigenvalue weighted by Crippen LogP contribution is 2.21. The van der Waals surface area contributed by atoms with Crippen molar-refractivity contribution in [1.82, 2.24) is 4.90 Å². The van der Waals surface area contributed by atoms with Gasteiger partial charge in [0.15, 0.2) is 0 Å². The second-order valence-electron chi connectivity index (χ2n) is 3.77. The number of aliphatic hydroxyl groups excluding tert-OH is 1. The Balaban J connectivity index is 2.91. The topological polar surface area (TPSA) is 49.8 Å². The van der Waals surface area contributed by atoms with Crippen molar-refractivity contribution in [3.8, 4) is 5.75 Å². The van der Waals surface area contributed by atoms with Gasteiger partial charge in [-0.3, -0.25) is 4.79 Å². The molecule has 0 aromatic heterocycles. The Hall–Kier alpha value is -1.55. The number of hydrogen-bond donors (Lipinski definition) is 1. The highest BCUT2D eigenvalue weighted by Gasteiger charge is 2.10. The molecule has 1 N–H and O–H groups in total. The smallest absolute Gasteiger partial charge is 0.226 e. The molecule has 1 aromatic carbocycles. The summed E-state index contributed by atoms with van der Waals surface area (Å²) < 4.78 is 5.19. The standard InChI is InChI=1S/C12H17NO3/c1-13(2)12(15)7-10-5-4-9(8-14)6-11(10)16-3/h4-6,14H,7-8H2,1-3H3. The van der Waals surface area contributed by atoms with E-state index >= 15 is 0 Å². The number of aliphatic hydroxyl groups is 1. The average molecular weight is 223 g/mol. The van der Waals surface area contributed by atoms with Gasteiger partial charge in [0.2, 0.25) is 5.91 Å². The molecule has 0 heterocycles. The van der Waals surface area contributed by atoms with Gasteiger partial charge in [0.1, 0.15) is 5.75 Å². The molecule has 0 aliphatic heterocycles. The molecule has 0 saturated carbocycles. The Morgan fingerprint density at radius 3 is 2.62 bits per heavy atom. The maximum Gasteiger partial charge on any atom is 0.226 e. The van der Waals surface area contributed by atoms with Crippen molar-refractivity contribution < 1.29 is 14.6 Å². The van der Waals surface area contributed by atoms with Crippen LogP contribution < -0.4 is 4.74 Å². The predicted molar refractivity (Wildman–Crippen MR) is 61.3 cm³/mol. The van der Waals surface area contributed by atoms with Crippen LogP contribution in [0.5, 0.6) is 5.75 Å². The first kappa shape index (κ1) is 12.5. The number of amides is 1. The number of carbonyl (C=O) groups excluding carboxylic acids is 1. The average Bonchev–Trinajstić information content (AvgIpc) is 2.29. The summed E-state index contributed by atoms with van der Waals surface area (Å²) in [4.78, 5) is 13.1. The molecule has 0 unspecified atom stereocenters. The second kappa shape index (κ2) is 5.51. The zero-order valence-electron chi connectivity index (χ0n) is 9.86. The van der Waals surface area contributed by atoms with Gasteiger partial charge in [-0.1, -0.05) is 12.1 Å². The van der Waals surface area contributed by atoms with Gasteiger partial charge in [0.25, 0.3) is 0 Å². The van der Waals surface area contributed by atoms with Crippen molar-refractivity contribution in [2.24, 2.45) is 0 Å². The fraction of sp³-hybridized carbons (Fsp3) is 0.417. The zero-order valence-corrected chi connectivity index (χ0v) is 9.86. The second-order valence-corrected chi connectivity index (χ2v) is 3.77. The minimum atomic E-state index is -0.0295. The van der Waals surface area contributed by atoms with Crippen molar-refractivity contribution in [3.05, 3.63) is 29.3 Å². The summed E-state index contributed by atoms with van der Waals surface area (Å²) >= 11 is 0. The van der Waals surface area contributed by atoms with Crippen molar-refractivity contribution >= 4 is 5.91 Å². The molecular weight excluding hydrogens is 206 g/mol. The summed E-state index contributed by atoms with van der Waals surface area (Å²) in [6, 6.07) is 5.35. The minimum Gasteiger partial charge on any atom is -0.496 e. The Bertz CT molecular complexity index is 375. The fourth-order valence-electron chi connectivity index (χ4n) is 1.35. The molecule has 4 nitrogen and oxygen atoms in total. The zero-order chi connectivity index (χ0) is 12.1. The summed E-state index contributed by atoms with van der Waals surface area (Å²) in [5, 5.41) is 8.99. The van der Waals surface area contributed by atoms with Gasteiger partial charge in [0.05, 0.1) is 20.1 Å². The quantitative estimate of drug-likeness (QED) is 0.822. The molecule has 0 saturated heterocycles. The number of carbonyl (C=O) groups is 1. The monoisotopic (exact) mass is 223 g/mol. The Morgan fingerprint density at radius 1 is 1.44 bits per heavy atom. The molecule has 0 aliphatic rings. The number of hydrogen-bond acceptors (Lipinski definition) is 3. The van der Waals surface area contributed by atoms with Gasteiger partial charge in [-0.2, -0.15) is 0 Å². The summed E-state index contributed by atoms with van der Waals surface area (Å²) in [5.74, 6) is 0.664. The van der Waals surface area contributed by atoms with Crippen LogP contribution in [0.15, 0.2) is 18.2 Å². The molecule has 0 atom stereocenters. The lowest BCUT2D eigenvalue weighted by molar-refractivity contribution is -0.127. The van der Waals surface area contributed by atoms with Crippen molar-refractivity contribution in [2.45, 2.75) is 13.0 Å². The minimum absolute atomic E-state index is 0.0232. The van der Waals surface area contributed by atoms with Crippen molar-refractivity contribution in [3.63, 3.8) is 0 Å². The van der Waals surface area contributed by atoms with E-state index in [9.17, 15) is 4.79 Å². The molecule has 0 spiro atoms. The molecule has 0 fully saturated rings. The molecule has 16 heavy (non-hydrogen) atoms. The van der Waals surface area contributed by atoms with E-state index in [0.717, 1.165) is 11.1 Å². The number of methoxy groups -OCH3 is 1. The maximum absolute atomic E-state index is 11.6. The molecule has 1 aromatic rings. The SMILES string of the molecule is COc1cc(CO)ccc1CC(=O)N(C)C. The Labute approximate surface area is 95.5 Å². The molecule has 4 heteroatoms. The highest BCUT2D eigenvalue weighted by molar-refractivity contribution is 5.79. The third-order valence-corrected chi connectivity index (χ3v) is 2.37. The number of likely N-dealkylation sites (N-methyl/N-ethyl adjacent to an activating group) is 1. The van der Waals surface area contributed by atoms with E-state index < -0.39 is 0 Å². The van der Waals surface area contributed by atoms with Gasteiger partial charge in [-0.05, 0) is 11.6 Å². The first-order valence-corrected chi connectivity index (χ1v) is 5.05. The number of benzene rings is 1. The number of nitrogens with zero attached hydrogens (tertiary/aromatic N) is 1. The van der Waals surface area contributed by atoms with Gasteiger partial charge < -0.3 is 14.7 Å². The number of ether oxygens (including phenoxy) is 1. The molecular formula is C12H17NO3. The van der Waals surface area contributed by atoms with E-state index in [0.29, 0.717) is 12.2 Å². The first-order valence-electron chi connectivity index (χ1n) is 5.05. The van der Waals surface area contributed by atoms with Gasteiger partial charge in [-0.25, -0.2) is 0 Å². The summed E-state index contributed by atoms with van der Waals surface area (Å²) in [7, 11) is 4.99. The van der Waals surface area contributed by atoms with E-state index in [1.54, 1.807) is 38.2 Å². The van der Waals surface area contributed by atoms with E-state index in [2.05, 4.69) is 0 Å². The summed E-state index contributed by atoms with van der Waals surface area (Å²) in [5.41, 5.74) is 1.61. The molecule has 88 valence electrons. The van der Waals surface area contributed by atoms with E-state index in [1.165, 1.54) is 0 Å². The van der Waals surface area contributed by atoms with E-state index in [-0.39, 0.29) is 12.5 Å². The van der Waals surface area contributed by atoms with Gasteiger partial charge >= 0.3 is 0 Å². The van der Waals surface area contributed by atoms with Gasteiger partial charge in [-0.15, -0.1) is 0 Å². The van der Waals surface area contributed by atoms with E-state index in [1.807, 2.05) is 6.07 Å². The summed E-state index contributed by atoms with van der Waals surface area (Å²) in [6.45, 7) is -0.0295. The predicted octanol–water partition coefficient (Wildman–Crippen LogP) is 0.818. The van der Waals surface area contributed by atoms with Crippen molar-refractivity contribution in [1.29, 1.82) is 0 Å². The molecule has 0 radical (unpaired) electrons. The van der Waals surface area contributed by atoms with Crippen LogP contribution in [0.4, 0.5) is 0 Å². The fourth-order valence-corrected chi connectivity index (χ4v) is 1.35. The highest BCUT2D eigenvalue weighted by atomic mass is 16.5. The van der Waals surface area contributed by atoms with Crippen LogP contribution in [-0.2, 0) is 17.8 Å². The lowest BCUT2D eigenvalue weighted by Gasteiger charge is -2.13. The van der Waals surface area contributed by atoms with Crippen LogP contribution in [0.3, 0.4) is 0 Å². The van der Waals surface area contributed by atoms with Crippen LogP contribution in [0.25, 0.3) is 0 Å². The lowest BCUT2D eigenvalue weighted by atomic mass is 10.1. The molecule has 1 rings (SSSR count). The third kappa shape index (κ3) is 2.97. The Morgan fingerprint density at radius 2 is 2.12 bits per heavy atom. The number of rotatable bonds is 4. The maximum atomic E-state index is 11.6. The molecule has 0 bridgehead atoms. The lowest BCUT2D eigenvalue weighted by Crippen LogP contribution is -2.23. The normalized spacial score (nSPS) is 10.0. The van der Waals surface area contributed by atoms with Gasteiger partial charge in [0, 0.05) is 19.7 Å². The third-order valence-electron chi connectivity index (χ3n) is 2.37. The van der Waals surface area contributed by atoms with Crippen molar-refractivity contribution in [2.75, 3.05) is 21.2 Å². The summed E-state index contributed by atoms with van der Waals surface area (Å²) in [6.07, 6.45) is 0.307. The van der Waals surface area contributed by atoms with Crippen LogP contribution in [0, 0.1) is 0 Å². The van der Waals surface area contributed by atoms with E-state index in [4.69, 9.17) is 9.84 Å². The molecule has 1 amide bonds. The van der Waals surface area contributed by atoms with Crippen LogP contribution >= 0.6 is 0 Å². The van der Waals surface area contributed by atoms with Crippen LogP contribution in [-0.4, -0.2) is 37.1 Å². The largest absolute Gasteiger partial charge is 0.496 e. The van der Waals surface area contributed by atoms with Crippen LogP contribution in [0.2, 0.25) is 0 Å². The molecule has 0 aliphatic carbocycles. The Kier molecular flexibility index (Phi) is 4.31. The van der Waals surface area contributed by atoms with Crippen LogP contribution in [0.1, 0.15) is 11.1 Å².